The van der Waals surface area contributed by atoms with Crippen LogP contribution in [0.15, 0.2) is 36.4 Å². The molecule has 2 aliphatic rings. The van der Waals surface area contributed by atoms with Crippen LogP contribution in [0, 0.1) is 11.8 Å². The van der Waals surface area contributed by atoms with E-state index in [2.05, 4.69) is 0 Å². The second-order valence-corrected chi connectivity index (χ2v) is 12.0. The molecule has 2 heterocycles. The van der Waals surface area contributed by atoms with E-state index in [1.165, 1.54) is 26.4 Å². The van der Waals surface area contributed by atoms with E-state index >= 15 is 0 Å². The minimum absolute atomic E-state index is 0.0888. The maximum Gasteiger partial charge on any atom is 0.186 e. The number of hydrogen-bond donors (Lipinski definition) is 10. The van der Waals surface area contributed by atoms with Gasteiger partial charge in [-0.1, -0.05) is 12.1 Å². The summed E-state index contributed by atoms with van der Waals surface area (Å²) < 4.78 is 33.6. The molecule has 0 aromatic heterocycles. The van der Waals surface area contributed by atoms with Crippen LogP contribution in [0.2, 0.25) is 0 Å². The summed E-state index contributed by atoms with van der Waals surface area (Å²) in [6.07, 6.45) is -14.7. The molecule has 12 atom stereocenters. The van der Waals surface area contributed by atoms with Crippen molar-refractivity contribution in [3.63, 3.8) is 0 Å². The first-order valence-corrected chi connectivity index (χ1v) is 15.5. The van der Waals surface area contributed by atoms with E-state index in [0.717, 1.165) is 0 Å². The lowest BCUT2D eigenvalue weighted by atomic mass is 9.83. The molecule has 270 valence electrons. The molecule has 4 rings (SSSR count). The highest BCUT2D eigenvalue weighted by molar-refractivity contribution is 5.43. The van der Waals surface area contributed by atoms with Gasteiger partial charge in [0.1, 0.15) is 48.8 Å². The smallest absolute Gasteiger partial charge is 0.186 e. The second-order valence-electron chi connectivity index (χ2n) is 12.0. The molecule has 2 saturated heterocycles. The largest absolute Gasteiger partial charge is 0.504 e. The fourth-order valence-corrected chi connectivity index (χ4v) is 5.87. The second kappa shape index (κ2) is 17.2. The van der Waals surface area contributed by atoms with Gasteiger partial charge in [0.05, 0.1) is 40.6 Å². The number of hydrogen-bond acceptors (Lipinski definition) is 16. The van der Waals surface area contributed by atoms with Gasteiger partial charge >= 0.3 is 0 Å². The van der Waals surface area contributed by atoms with Crippen molar-refractivity contribution in [1.29, 1.82) is 0 Å². The third kappa shape index (κ3) is 8.84. The van der Waals surface area contributed by atoms with Crippen molar-refractivity contribution < 1.29 is 79.5 Å². The standard InChI is InChI=1S/C32H46O16/c1-43-21-9-15(3-5-19(21)35)7-17(13-45-31-29(41)27(39)25(37)23(11-33)47-31)18(8-16-4-6-20(36)22(10-16)44-2)14-46-32-30(42)28(40)26(38)24(12-34)48-32/h3-6,9-10,17-18,23-42H,7-8,11-14H2,1-2H3/t17-,18-,23-,24+,25-,26+,27+,28+,29-,30-,31-,32+/m0/s1. The van der Waals surface area contributed by atoms with Gasteiger partial charge in [-0.2, -0.15) is 0 Å². The molecule has 2 aliphatic heterocycles. The van der Waals surface area contributed by atoms with Gasteiger partial charge in [0.2, 0.25) is 0 Å². The fraction of sp³-hybridized carbons (Fsp3) is 0.625. The summed E-state index contributed by atoms with van der Waals surface area (Å²) in [4.78, 5) is 0. The van der Waals surface area contributed by atoms with E-state index in [9.17, 15) is 51.1 Å². The van der Waals surface area contributed by atoms with E-state index in [1.807, 2.05) is 0 Å². The molecule has 0 unspecified atom stereocenters. The van der Waals surface area contributed by atoms with Crippen LogP contribution in [0.1, 0.15) is 11.1 Å². The number of aliphatic hydroxyl groups excluding tert-OH is 8. The van der Waals surface area contributed by atoms with Crippen molar-refractivity contribution in [2.75, 3.05) is 40.6 Å². The highest BCUT2D eigenvalue weighted by atomic mass is 16.7. The zero-order chi connectivity index (χ0) is 35.1. The molecule has 0 bridgehead atoms. The van der Waals surface area contributed by atoms with E-state index < -0.39 is 86.5 Å². The van der Waals surface area contributed by atoms with E-state index in [-0.39, 0.29) is 49.1 Å². The summed E-state index contributed by atoms with van der Waals surface area (Å²) in [7, 11) is 2.79. The minimum Gasteiger partial charge on any atom is -0.504 e. The lowest BCUT2D eigenvalue weighted by Gasteiger charge is -2.41. The van der Waals surface area contributed by atoms with Crippen molar-refractivity contribution >= 4 is 0 Å². The van der Waals surface area contributed by atoms with E-state index in [4.69, 9.17) is 28.4 Å². The third-order valence-corrected chi connectivity index (χ3v) is 8.80. The molecule has 16 nitrogen and oxygen atoms in total. The van der Waals surface area contributed by atoms with E-state index in [0.29, 0.717) is 11.1 Å². The van der Waals surface area contributed by atoms with Crippen molar-refractivity contribution in [3.8, 4) is 23.0 Å². The Hall–Kier alpha value is -2.84. The van der Waals surface area contributed by atoms with Crippen LogP contribution in [-0.4, -0.2) is 153 Å². The molecule has 0 spiro atoms. The Morgan fingerprint density at radius 1 is 0.583 bits per heavy atom. The average Bonchev–Trinajstić information content (AvgIpc) is 3.09. The number of ether oxygens (including phenoxy) is 6. The Balaban J connectivity index is 1.66. The SMILES string of the molecule is COc1cc(C[C@@H](CO[C@H]2O[C@@H](CO)[C@H](O)[C@@H](O)[C@@H]2O)[C@H](CO[C@@H]2O[C@H](CO)[C@@H](O)[C@@H](O)[C@@H]2O)Cc2ccc(O)c(OC)c2)ccc1O. The van der Waals surface area contributed by atoms with E-state index in [1.54, 1.807) is 24.3 Å². The zero-order valence-corrected chi connectivity index (χ0v) is 26.6. The molecule has 16 heteroatoms. The van der Waals surface area contributed by atoms with Crippen molar-refractivity contribution in [2.24, 2.45) is 11.8 Å². The molecular weight excluding hydrogens is 640 g/mol. The van der Waals surface area contributed by atoms with Crippen LogP contribution in [0.3, 0.4) is 0 Å². The Kier molecular flexibility index (Phi) is 13.6. The van der Waals surface area contributed by atoms with Crippen molar-refractivity contribution in [1.82, 2.24) is 0 Å². The molecular formula is C32H46O16. The maximum atomic E-state index is 10.6. The molecule has 2 aromatic carbocycles. The van der Waals surface area contributed by atoms with Gasteiger partial charge in [0.15, 0.2) is 35.6 Å². The molecule has 0 radical (unpaired) electrons. The number of methoxy groups -OCH3 is 2. The Morgan fingerprint density at radius 3 is 1.29 bits per heavy atom. The minimum atomic E-state index is -1.67. The summed E-state index contributed by atoms with van der Waals surface area (Å²) in [5, 5.41) is 102. The van der Waals surface area contributed by atoms with Gasteiger partial charge in [0, 0.05) is 0 Å². The zero-order valence-electron chi connectivity index (χ0n) is 26.6. The van der Waals surface area contributed by atoms with Crippen LogP contribution < -0.4 is 9.47 Å². The highest BCUT2D eigenvalue weighted by Crippen LogP contribution is 2.34. The topological polar surface area (TPSA) is 258 Å². The molecule has 10 N–H and O–H groups in total. The molecule has 2 fully saturated rings. The molecule has 2 aromatic rings. The lowest BCUT2D eigenvalue weighted by molar-refractivity contribution is -0.308. The number of aromatic hydroxyl groups is 2. The van der Waals surface area contributed by atoms with Crippen LogP contribution in [0.5, 0.6) is 23.0 Å². The van der Waals surface area contributed by atoms with Gasteiger partial charge < -0.3 is 79.5 Å². The summed E-state index contributed by atoms with van der Waals surface area (Å²) in [5.74, 6) is -0.854. The first kappa shape index (κ1) is 38.0. The summed E-state index contributed by atoms with van der Waals surface area (Å²) >= 11 is 0. The first-order valence-electron chi connectivity index (χ1n) is 15.5. The Bertz CT molecular complexity index is 1200. The first-order chi connectivity index (χ1) is 22.9. The molecule has 48 heavy (non-hydrogen) atoms. The quantitative estimate of drug-likeness (QED) is 0.0951. The third-order valence-electron chi connectivity index (χ3n) is 8.80. The van der Waals surface area contributed by atoms with Gasteiger partial charge in [0.25, 0.3) is 0 Å². The van der Waals surface area contributed by atoms with Crippen LogP contribution in [0.25, 0.3) is 0 Å². The van der Waals surface area contributed by atoms with Gasteiger partial charge in [-0.3, -0.25) is 0 Å². The summed E-state index contributed by atoms with van der Waals surface area (Å²) in [6, 6.07) is 9.47. The number of benzene rings is 2. The number of rotatable bonds is 15. The normalized spacial score (nSPS) is 32.0. The highest BCUT2D eigenvalue weighted by Gasteiger charge is 2.46. The summed E-state index contributed by atoms with van der Waals surface area (Å²) in [5.41, 5.74) is 1.38. The van der Waals surface area contributed by atoms with Crippen LogP contribution >= 0.6 is 0 Å². The Labute approximate surface area is 276 Å². The maximum absolute atomic E-state index is 10.6. The lowest BCUT2D eigenvalue weighted by Crippen LogP contribution is -2.59. The Morgan fingerprint density at radius 2 is 0.958 bits per heavy atom. The van der Waals surface area contributed by atoms with Gasteiger partial charge in [-0.05, 0) is 60.1 Å². The predicted octanol–water partition coefficient (Wildman–Crippen LogP) is -2.23. The van der Waals surface area contributed by atoms with Crippen molar-refractivity contribution in [2.45, 2.75) is 74.3 Å². The van der Waals surface area contributed by atoms with Gasteiger partial charge in [-0.15, -0.1) is 0 Å². The van der Waals surface area contributed by atoms with Crippen LogP contribution in [0.4, 0.5) is 0 Å². The number of aliphatic hydroxyl groups is 8. The van der Waals surface area contributed by atoms with Crippen LogP contribution in [-0.2, 0) is 31.8 Å². The predicted molar refractivity (Wildman–Crippen MR) is 163 cm³/mol. The average molecular weight is 687 g/mol. The fourth-order valence-electron chi connectivity index (χ4n) is 5.87. The number of phenolic OH excluding ortho intramolecular Hbond substituents is 2. The van der Waals surface area contributed by atoms with Crippen molar-refractivity contribution in [3.05, 3.63) is 47.5 Å². The van der Waals surface area contributed by atoms with Gasteiger partial charge in [-0.25, -0.2) is 0 Å². The molecule has 0 aliphatic carbocycles. The monoisotopic (exact) mass is 686 g/mol. The molecule has 0 saturated carbocycles. The summed E-state index contributed by atoms with van der Waals surface area (Å²) in [6.45, 7) is -1.63. The molecule has 0 amide bonds. The number of phenols is 2.